The predicted molar refractivity (Wildman–Crippen MR) is 79.5 cm³/mol. The maximum Gasteiger partial charge on any atom is 0.416 e. The molecule has 0 atom stereocenters. The third kappa shape index (κ3) is 4.20. The lowest BCUT2D eigenvalue weighted by atomic mass is 10.2. The number of hydrogen-bond donors (Lipinski definition) is 1. The van der Waals surface area contributed by atoms with Crippen molar-refractivity contribution in [3.8, 4) is 0 Å². The van der Waals surface area contributed by atoms with E-state index in [0.29, 0.717) is 0 Å². The summed E-state index contributed by atoms with van der Waals surface area (Å²) in [4.78, 5) is 19.1. The van der Waals surface area contributed by atoms with Crippen LogP contribution >= 0.6 is 11.6 Å². The summed E-state index contributed by atoms with van der Waals surface area (Å²) in [5.41, 5.74) is -1.57. The Kier molecular flexibility index (Phi) is 4.81. The Balaban J connectivity index is 2.34. The van der Waals surface area contributed by atoms with E-state index in [0.717, 1.165) is 30.7 Å². The number of carbonyl (C=O) groups is 1. The summed E-state index contributed by atoms with van der Waals surface area (Å²) >= 11 is 5.75. The fourth-order valence-corrected chi connectivity index (χ4v) is 2.33. The molecule has 0 fully saturated rings. The molecule has 11 heteroatoms. The maximum atomic E-state index is 12.7. The zero-order valence-electron chi connectivity index (χ0n) is 11.9. The molecular weight excluding hydrogens is 371 g/mol. The van der Waals surface area contributed by atoms with Crippen LogP contribution in [0.15, 0.2) is 35.6 Å². The maximum absolute atomic E-state index is 12.7. The normalized spacial score (nSPS) is 12.0. The zero-order valence-corrected chi connectivity index (χ0v) is 13.5. The van der Waals surface area contributed by atoms with E-state index in [1.807, 2.05) is 0 Å². The molecule has 1 amide bonds. The van der Waals surface area contributed by atoms with Crippen molar-refractivity contribution in [1.82, 2.24) is 9.97 Å². The van der Waals surface area contributed by atoms with Crippen LogP contribution in [0.25, 0.3) is 0 Å². The minimum atomic E-state index is -4.57. The third-order valence-electron chi connectivity index (χ3n) is 2.72. The van der Waals surface area contributed by atoms with Crippen LogP contribution in [0.2, 0.25) is 5.02 Å². The van der Waals surface area contributed by atoms with Gasteiger partial charge in [0, 0.05) is 11.9 Å². The molecule has 24 heavy (non-hydrogen) atoms. The van der Waals surface area contributed by atoms with E-state index < -0.39 is 38.3 Å². The molecule has 0 aliphatic heterocycles. The molecule has 0 saturated carbocycles. The molecule has 2 aromatic rings. The van der Waals surface area contributed by atoms with Crippen molar-refractivity contribution in [3.05, 3.63) is 46.7 Å². The van der Waals surface area contributed by atoms with Gasteiger partial charge in [-0.1, -0.05) is 17.7 Å². The van der Waals surface area contributed by atoms with Crippen molar-refractivity contribution in [2.45, 2.75) is 11.3 Å². The molecule has 0 spiro atoms. The van der Waals surface area contributed by atoms with Gasteiger partial charge in [-0.25, -0.2) is 18.4 Å². The number of anilines is 1. The van der Waals surface area contributed by atoms with Crippen LogP contribution in [-0.2, 0) is 16.0 Å². The van der Waals surface area contributed by atoms with Gasteiger partial charge in [0.1, 0.15) is 0 Å². The van der Waals surface area contributed by atoms with Gasteiger partial charge in [0.25, 0.3) is 5.91 Å². The van der Waals surface area contributed by atoms with E-state index in [1.165, 1.54) is 6.07 Å². The van der Waals surface area contributed by atoms with Crippen molar-refractivity contribution >= 4 is 33.0 Å². The molecule has 0 unspecified atom stereocenters. The van der Waals surface area contributed by atoms with Gasteiger partial charge in [-0.3, -0.25) is 4.79 Å². The first-order valence-electron chi connectivity index (χ1n) is 6.19. The molecule has 0 radical (unpaired) electrons. The number of amides is 1. The number of sulfone groups is 1. The van der Waals surface area contributed by atoms with Crippen LogP contribution in [-0.4, -0.2) is 30.5 Å². The Labute approximate surface area is 139 Å². The van der Waals surface area contributed by atoms with Gasteiger partial charge < -0.3 is 5.32 Å². The van der Waals surface area contributed by atoms with Gasteiger partial charge in [0.2, 0.25) is 15.0 Å². The van der Waals surface area contributed by atoms with Gasteiger partial charge in [-0.05, 0) is 18.2 Å². The Morgan fingerprint density at radius 3 is 2.54 bits per heavy atom. The molecule has 1 aromatic carbocycles. The average molecular weight is 380 g/mol. The third-order valence-corrected chi connectivity index (χ3v) is 3.85. The van der Waals surface area contributed by atoms with E-state index in [2.05, 4.69) is 15.3 Å². The van der Waals surface area contributed by atoms with Crippen molar-refractivity contribution in [2.75, 3.05) is 11.6 Å². The number of nitrogens with zero attached hydrogens (tertiary/aromatic N) is 2. The fourth-order valence-electron chi connectivity index (χ4n) is 1.65. The van der Waals surface area contributed by atoms with Crippen LogP contribution in [0.5, 0.6) is 0 Å². The minimum absolute atomic E-state index is 0.148. The molecule has 0 saturated heterocycles. The summed E-state index contributed by atoms with van der Waals surface area (Å²) in [6, 6.07) is 3.92. The molecule has 1 aromatic heterocycles. The molecule has 6 nitrogen and oxygen atoms in total. The van der Waals surface area contributed by atoms with Crippen molar-refractivity contribution in [3.63, 3.8) is 0 Å². The molecule has 1 N–H and O–H groups in total. The first-order valence-corrected chi connectivity index (χ1v) is 8.46. The second kappa shape index (κ2) is 6.36. The van der Waals surface area contributed by atoms with Crippen LogP contribution < -0.4 is 5.32 Å². The number of benzene rings is 1. The smallest absolute Gasteiger partial charge is 0.321 e. The number of rotatable bonds is 3. The summed E-state index contributed by atoms with van der Waals surface area (Å²) in [5, 5.41) is 1.31. The van der Waals surface area contributed by atoms with Crippen molar-refractivity contribution < 1.29 is 26.4 Å². The highest BCUT2D eigenvalue weighted by Gasteiger charge is 2.30. The molecule has 128 valence electrons. The number of hydrogen-bond acceptors (Lipinski definition) is 5. The summed E-state index contributed by atoms with van der Waals surface area (Å²) in [7, 11) is -3.78. The number of aromatic nitrogens is 2. The Morgan fingerprint density at radius 1 is 1.29 bits per heavy atom. The lowest BCUT2D eigenvalue weighted by molar-refractivity contribution is -0.137. The van der Waals surface area contributed by atoms with Crippen molar-refractivity contribution in [2.24, 2.45) is 0 Å². The van der Waals surface area contributed by atoms with E-state index in [4.69, 9.17) is 11.6 Å². The minimum Gasteiger partial charge on any atom is -0.321 e. The van der Waals surface area contributed by atoms with E-state index in [1.54, 1.807) is 0 Å². The number of nitrogens with one attached hydrogen (secondary N) is 1. The Morgan fingerprint density at radius 2 is 1.96 bits per heavy atom. The Bertz CT molecular complexity index is 901. The molecule has 0 aliphatic rings. The first kappa shape index (κ1) is 18.1. The molecule has 0 aliphatic carbocycles. The fraction of sp³-hybridized carbons (Fsp3) is 0.154. The van der Waals surface area contributed by atoms with Crippen LogP contribution in [0.4, 0.5) is 18.9 Å². The molecule has 0 bridgehead atoms. The van der Waals surface area contributed by atoms with E-state index >= 15 is 0 Å². The first-order chi connectivity index (χ1) is 11.0. The second-order valence-corrected chi connectivity index (χ2v) is 6.97. The van der Waals surface area contributed by atoms with Crippen LogP contribution in [0.3, 0.4) is 0 Å². The second-order valence-electron chi connectivity index (χ2n) is 4.65. The standard InChI is InChI=1S/C13H9ClF3N3O3S/c1-24(22,23)12-18-6-9(14)10(20-12)11(21)19-8-4-2-3-7(5-8)13(15,16)17/h2-6H,1H3,(H,19,21). The average Bonchev–Trinajstić information content (AvgIpc) is 2.45. The summed E-state index contributed by atoms with van der Waals surface area (Å²) in [6.07, 6.45) is -2.81. The van der Waals surface area contributed by atoms with E-state index in [9.17, 15) is 26.4 Å². The van der Waals surface area contributed by atoms with Gasteiger partial charge in [0.05, 0.1) is 16.8 Å². The van der Waals surface area contributed by atoms with Crippen LogP contribution in [0, 0.1) is 0 Å². The Hall–Kier alpha value is -2.20. The number of carbonyl (C=O) groups excluding carboxylic acids is 1. The predicted octanol–water partition coefficient (Wildman–Crippen LogP) is 2.80. The zero-order chi connectivity index (χ0) is 18.1. The molecular formula is C13H9ClF3N3O3S. The largest absolute Gasteiger partial charge is 0.416 e. The number of halogens is 4. The topological polar surface area (TPSA) is 89.0 Å². The van der Waals surface area contributed by atoms with Gasteiger partial charge in [0.15, 0.2) is 5.69 Å². The van der Waals surface area contributed by atoms with Gasteiger partial charge in [-0.15, -0.1) is 0 Å². The lowest BCUT2D eigenvalue weighted by Gasteiger charge is -2.10. The summed E-state index contributed by atoms with van der Waals surface area (Å²) < 4.78 is 60.8. The highest BCUT2D eigenvalue weighted by Crippen LogP contribution is 2.30. The molecule has 1 heterocycles. The SMILES string of the molecule is CS(=O)(=O)c1ncc(Cl)c(C(=O)Nc2cccc(C(F)(F)F)c2)n1. The van der Waals surface area contributed by atoms with Crippen LogP contribution in [0.1, 0.15) is 16.1 Å². The van der Waals surface area contributed by atoms with Gasteiger partial charge in [-0.2, -0.15) is 13.2 Å². The highest BCUT2D eigenvalue weighted by atomic mass is 35.5. The van der Waals surface area contributed by atoms with Gasteiger partial charge >= 0.3 is 6.18 Å². The molecule has 2 rings (SSSR count). The number of alkyl halides is 3. The lowest BCUT2D eigenvalue weighted by Crippen LogP contribution is -2.17. The summed E-state index contributed by atoms with van der Waals surface area (Å²) in [6.45, 7) is 0. The van der Waals surface area contributed by atoms with Crippen molar-refractivity contribution in [1.29, 1.82) is 0 Å². The monoisotopic (exact) mass is 379 g/mol. The quantitative estimate of drug-likeness (QED) is 0.828. The highest BCUT2D eigenvalue weighted by molar-refractivity contribution is 7.90. The summed E-state index contributed by atoms with van der Waals surface area (Å²) in [5.74, 6) is -0.966. The van der Waals surface area contributed by atoms with E-state index in [-0.39, 0.29) is 10.7 Å².